The van der Waals surface area contributed by atoms with Gasteiger partial charge in [-0.3, -0.25) is 14.2 Å². The Balaban J connectivity index is 1.55. The number of hydrogen-bond donors (Lipinski definition) is 1. The van der Waals surface area contributed by atoms with Crippen molar-refractivity contribution in [1.82, 2.24) is 24.3 Å². The predicted molar refractivity (Wildman–Crippen MR) is 111 cm³/mol. The van der Waals surface area contributed by atoms with Crippen molar-refractivity contribution in [1.29, 1.82) is 0 Å². The largest absolute Gasteiger partial charge is 0.325 e. The third-order valence-corrected chi connectivity index (χ3v) is 4.73. The fourth-order valence-corrected chi connectivity index (χ4v) is 3.25. The van der Waals surface area contributed by atoms with Crippen molar-refractivity contribution in [3.05, 3.63) is 71.0 Å². The molecule has 0 aliphatic heterocycles. The third-order valence-electron chi connectivity index (χ3n) is 4.73. The highest BCUT2D eigenvalue weighted by atomic mass is 16.2. The molecule has 2 aromatic heterocycles. The van der Waals surface area contributed by atoms with Gasteiger partial charge in [-0.2, -0.15) is 0 Å². The molecule has 0 radical (unpaired) electrons. The second-order valence-electron chi connectivity index (χ2n) is 6.72. The lowest BCUT2D eigenvalue weighted by Gasteiger charge is -2.10. The van der Waals surface area contributed by atoms with Gasteiger partial charge >= 0.3 is 0 Å². The monoisotopic (exact) mass is 388 g/mol. The first-order valence-corrected chi connectivity index (χ1v) is 9.29. The molecule has 0 aliphatic carbocycles. The van der Waals surface area contributed by atoms with Crippen LogP contribution in [0.3, 0.4) is 0 Å². The number of nitrogens with zero attached hydrogens (tertiary/aromatic N) is 5. The van der Waals surface area contributed by atoms with Crippen molar-refractivity contribution in [3.63, 3.8) is 0 Å². The van der Waals surface area contributed by atoms with Gasteiger partial charge in [0.05, 0.1) is 17.2 Å². The number of aryl methyl sites for hydroxylation is 2. The van der Waals surface area contributed by atoms with Gasteiger partial charge in [-0.25, -0.2) is 4.98 Å². The summed E-state index contributed by atoms with van der Waals surface area (Å²) in [6.07, 6.45) is 3.08. The number of aromatic nitrogens is 5. The number of fused-ring (bicyclic) bond motifs is 1. The lowest BCUT2D eigenvalue weighted by molar-refractivity contribution is -0.116. The number of nitrogens with one attached hydrogen (secondary N) is 1. The maximum Gasteiger partial charge on any atom is 0.261 e. The third kappa shape index (κ3) is 3.64. The maximum absolute atomic E-state index is 12.7. The van der Waals surface area contributed by atoms with E-state index in [9.17, 15) is 9.59 Å². The molecule has 1 N–H and O–H groups in total. The van der Waals surface area contributed by atoms with E-state index in [1.54, 1.807) is 18.5 Å². The highest BCUT2D eigenvalue weighted by Gasteiger charge is 2.11. The number of anilines is 1. The first kappa shape index (κ1) is 18.5. The summed E-state index contributed by atoms with van der Waals surface area (Å²) in [4.78, 5) is 29.5. The normalized spacial score (nSPS) is 11.0. The van der Waals surface area contributed by atoms with Gasteiger partial charge in [-0.15, -0.1) is 10.2 Å². The molecule has 0 aliphatic rings. The van der Waals surface area contributed by atoms with E-state index in [1.807, 2.05) is 48.7 Å². The molecule has 29 heavy (non-hydrogen) atoms. The van der Waals surface area contributed by atoms with Gasteiger partial charge in [0, 0.05) is 17.8 Å². The molecule has 0 fully saturated rings. The molecule has 0 unspecified atom stereocenters. The van der Waals surface area contributed by atoms with Gasteiger partial charge < -0.3 is 9.88 Å². The molecule has 8 heteroatoms. The van der Waals surface area contributed by atoms with Crippen LogP contribution in [-0.2, 0) is 17.9 Å². The zero-order valence-corrected chi connectivity index (χ0v) is 16.2. The van der Waals surface area contributed by atoms with Crippen LogP contribution >= 0.6 is 0 Å². The minimum atomic E-state index is -0.310. The van der Waals surface area contributed by atoms with E-state index in [0.29, 0.717) is 16.6 Å². The van der Waals surface area contributed by atoms with E-state index in [4.69, 9.17) is 0 Å². The summed E-state index contributed by atoms with van der Waals surface area (Å²) in [6.45, 7) is 4.54. The number of carbonyl (C=O) groups excluding carboxylic acids is 1. The molecule has 8 nitrogen and oxygen atoms in total. The lowest BCUT2D eigenvalue weighted by atomic mass is 10.1. The Morgan fingerprint density at radius 2 is 1.93 bits per heavy atom. The van der Waals surface area contributed by atoms with Crippen LogP contribution in [0.5, 0.6) is 0 Å². The van der Waals surface area contributed by atoms with E-state index in [0.717, 1.165) is 23.5 Å². The van der Waals surface area contributed by atoms with E-state index < -0.39 is 0 Å². The van der Waals surface area contributed by atoms with Crippen molar-refractivity contribution in [2.45, 2.75) is 26.9 Å². The quantitative estimate of drug-likeness (QED) is 0.567. The Kier molecular flexibility index (Phi) is 4.90. The van der Waals surface area contributed by atoms with Crippen molar-refractivity contribution in [2.75, 3.05) is 5.32 Å². The second-order valence-corrected chi connectivity index (χ2v) is 6.72. The molecule has 0 saturated heterocycles. The SMILES string of the molecule is CCn1cnnc1-c1cccc(NC(=O)Cn2cnc3c(C)cccc3c2=O)c1. The van der Waals surface area contributed by atoms with Crippen LogP contribution in [0.2, 0.25) is 0 Å². The van der Waals surface area contributed by atoms with Crippen molar-refractivity contribution in [3.8, 4) is 11.4 Å². The van der Waals surface area contributed by atoms with Crippen molar-refractivity contribution < 1.29 is 4.79 Å². The summed E-state index contributed by atoms with van der Waals surface area (Å²) in [5.74, 6) is 0.420. The van der Waals surface area contributed by atoms with Gasteiger partial charge in [0.15, 0.2) is 5.82 Å². The average molecular weight is 388 g/mol. The molecule has 0 bridgehead atoms. The zero-order valence-electron chi connectivity index (χ0n) is 16.2. The molecule has 2 heterocycles. The Morgan fingerprint density at radius 1 is 1.10 bits per heavy atom. The number of carbonyl (C=O) groups is 1. The lowest BCUT2D eigenvalue weighted by Crippen LogP contribution is -2.28. The maximum atomic E-state index is 12.7. The standard InChI is InChI=1S/C21H20N6O2/c1-3-26-13-23-25-20(26)15-7-5-8-16(10-15)24-18(28)11-27-12-22-19-14(2)6-4-9-17(19)21(27)29/h4-10,12-13H,3,11H2,1-2H3,(H,24,28). The van der Waals surface area contributed by atoms with Crippen LogP contribution in [0.4, 0.5) is 5.69 Å². The summed E-state index contributed by atoms with van der Waals surface area (Å²) < 4.78 is 3.23. The minimum Gasteiger partial charge on any atom is -0.325 e. The fraction of sp³-hybridized carbons (Fsp3) is 0.190. The molecule has 4 rings (SSSR count). The number of para-hydroxylation sites is 1. The van der Waals surface area contributed by atoms with E-state index in [-0.39, 0.29) is 18.0 Å². The van der Waals surface area contributed by atoms with Crippen molar-refractivity contribution in [2.24, 2.45) is 0 Å². The highest BCUT2D eigenvalue weighted by molar-refractivity contribution is 5.91. The topological polar surface area (TPSA) is 94.7 Å². The number of rotatable bonds is 5. The summed E-state index contributed by atoms with van der Waals surface area (Å²) in [6, 6.07) is 12.8. The average Bonchev–Trinajstić information content (AvgIpc) is 3.20. The van der Waals surface area contributed by atoms with Gasteiger partial charge in [0.1, 0.15) is 12.9 Å². The molecule has 1 amide bonds. The molecule has 0 saturated carbocycles. The molecular weight excluding hydrogens is 368 g/mol. The Hall–Kier alpha value is -3.81. The van der Waals surface area contributed by atoms with Crippen LogP contribution in [0.25, 0.3) is 22.3 Å². The Morgan fingerprint density at radius 3 is 2.76 bits per heavy atom. The molecule has 146 valence electrons. The Labute approximate surface area is 166 Å². The summed E-state index contributed by atoms with van der Waals surface area (Å²) in [7, 11) is 0. The number of hydrogen-bond acceptors (Lipinski definition) is 5. The molecule has 0 atom stereocenters. The Bertz CT molecular complexity index is 1260. The first-order valence-electron chi connectivity index (χ1n) is 9.29. The first-order chi connectivity index (χ1) is 14.1. The van der Waals surface area contributed by atoms with Crippen LogP contribution in [0.1, 0.15) is 12.5 Å². The van der Waals surface area contributed by atoms with Gasteiger partial charge in [0.25, 0.3) is 5.56 Å². The summed E-state index contributed by atoms with van der Waals surface area (Å²) >= 11 is 0. The number of benzene rings is 2. The number of amides is 1. The predicted octanol–water partition coefficient (Wildman–Crippen LogP) is 2.62. The smallest absolute Gasteiger partial charge is 0.261 e. The van der Waals surface area contributed by atoms with Crippen LogP contribution in [0, 0.1) is 6.92 Å². The van der Waals surface area contributed by atoms with E-state index >= 15 is 0 Å². The van der Waals surface area contributed by atoms with E-state index in [2.05, 4.69) is 20.5 Å². The van der Waals surface area contributed by atoms with Crippen LogP contribution in [-0.4, -0.2) is 30.2 Å². The summed E-state index contributed by atoms with van der Waals surface area (Å²) in [5, 5.41) is 11.4. The van der Waals surface area contributed by atoms with Gasteiger partial charge in [-0.05, 0) is 37.6 Å². The van der Waals surface area contributed by atoms with Crippen molar-refractivity contribution >= 4 is 22.5 Å². The molecule has 0 spiro atoms. The highest BCUT2D eigenvalue weighted by Crippen LogP contribution is 2.20. The van der Waals surface area contributed by atoms with Crippen LogP contribution < -0.4 is 10.9 Å². The van der Waals surface area contributed by atoms with Gasteiger partial charge in [-0.1, -0.05) is 24.3 Å². The molecule has 2 aromatic carbocycles. The zero-order chi connectivity index (χ0) is 20.4. The summed E-state index contributed by atoms with van der Waals surface area (Å²) in [5.41, 5.74) is 2.81. The van der Waals surface area contributed by atoms with Crippen LogP contribution in [0.15, 0.2) is 59.9 Å². The molecule has 4 aromatic rings. The van der Waals surface area contributed by atoms with Gasteiger partial charge in [0.2, 0.25) is 5.91 Å². The minimum absolute atomic E-state index is 0.120. The fourth-order valence-electron chi connectivity index (χ4n) is 3.25. The van der Waals surface area contributed by atoms with E-state index in [1.165, 1.54) is 10.9 Å². The molecular formula is C21H20N6O2. The second kappa shape index (κ2) is 7.67.